The Hall–Kier alpha value is -3.45. The van der Waals surface area contributed by atoms with Crippen molar-refractivity contribution in [1.82, 2.24) is 21.0 Å². The molecule has 130 valence electrons. The molecule has 0 fully saturated rings. The summed E-state index contributed by atoms with van der Waals surface area (Å²) in [5, 5.41) is 7.28. The lowest BCUT2D eigenvalue weighted by Gasteiger charge is -2.06. The number of nitrogens with one attached hydrogen (secondary N) is 3. The van der Waals surface area contributed by atoms with E-state index in [1.165, 1.54) is 6.08 Å². The monoisotopic (exact) mass is 368 g/mol. The van der Waals surface area contributed by atoms with Gasteiger partial charge in [0.2, 0.25) is 0 Å². The zero-order valence-electron chi connectivity index (χ0n) is 13.3. The third-order valence-corrected chi connectivity index (χ3v) is 3.72. The average molecular weight is 369 g/mol. The Bertz CT molecular complexity index is 1080. The van der Waals surface area contributed by atoms with Gasteiger partial charge in [-0.2, -0.15) is 5.10 Å². The van der Waals surface area contributed by atoms with Crippen molar-refractivity contribution in [2.45, 2.75) is 0 Å². The van der Waals surface area contributed by atoms with Crippen LogP contribution in [0.3, 0.4) is 0 Å². The molecule has 2 amide bonds. The Morgan fingerprint density at radius 3 is 2.58 bits per heavy atom. The maximum Gasteiger partial charge on any atom is 0.290 e. The highest BCUT2D eigenvalue weighted by Crippen LogP contribution is 2.12. The number of aromatic nitrogens is 2. The number of nitrogens with zero attached hydrogens (tertiary/aromatic N) is 1. The third-order valence-electron chi connectivity index (χ3n) is 3.49. The average Bonchev–Trinajstić information content (AvgIpc) is 2.65. The van der Waals surface area contributed by atoms with Gasteiger partial charge in [-0.3, -0.25) is 25.2 Å². The molecule has 0 atom stereocenters. The van der Waals surface area contributed by atoms with Crippen molar-refractivity contribution in [3.63, 3.8) is 0 Å². The lowest BCUT2D eigenvalue weighted by atomic mass is 10.1. The van der Waals surface area contributed by atoms with Gasteiger partial charge in [0, 0.05) is 16.5 Å². The summed E-state index contributed by atoms with van der Waals surface area (Å²) >= 11 is 5.87. The number of hydrogen-bond acceptors (Lipinski definition) is 4. The molecule has 0 spiro atoms. The van der Waals surface area contributed by atoms with E-state index in [1.807, 2.05) is 0 Å². The maximum atomic E-state index is 12.2. The fourth-order valence-electron chi connectivity index (χ4n) is 2.29. The molecule has 0 unspecified atom stereocenters. The van der Waals surface area contributed by atoms with E-state index in [1.54, 1.807) is 54.6 Å². The number of carbonyl (C=O) groups excluding carboxylic acids is 2. The van der Waals surface area contributed by atoms with Crippen LogP contribution < -0.4 is 16.4 Å². The van der Waals surface area contributed by atoms with Crippen molar-refractivity contribution in [3.05, 3.63) is 81.2 Å². The van der Waals surface area contributed by atoms with Crippen LogP contribution in [0.15, 0.2) is 59.4 Å². The Kier molecular flexibility index (Phi) is 5.09. The lowest BCUT2D eigenvalue weighted by molar-refractivity contribution is -0.117. The second-order valence-electron chi connectivity index (χ2n) is 5.28. The molecular weight excluding hydrogens is 356 g/mol. The summed E-state index contributed by atoms with van der Waals surface area (Å²) in [4.78, 5) is 35.8. The van der Waals surface area contributed by atoms with Gasteiger partial charge in [-0.15, -0.1) is 0 Å². The number of H-pyrrole nitrogens is 1. The molecule has 0 aliphatic carbocycles. The number of fused-ring (bicyclic) bond motifs is 1. The molecule has 26 heavy (non-hydrogen) atoms. The maximum absolute atomic E-state index is 12.2. The molecule has 0 aliphatic rings. The molecule has 0 aliphatic heterocycles. The zero-order chi connectivity index (χ0) is 18.5. The number of halogens is 1. The molecule has 0 bridgehead atoms. The summed E-state index contributed by atoms with van der Waals surface area (Å²) in [7, 11) is 0. The number of aromatic amines is 1. The summed E-state index contributed by atoms with van der Waals surface area (Å²) in [5.74, 6) is -1.19. The Balaban J connectivity index is 1.68. The molecule has 0 saturated heterocycles. The van der Waals surface area contributed by atoms with Gasteiger partial charge in [-0.1, -0.05) is 41.9 Å². The van der Waals surface area contributed by atoms with E-state index < -0.39 is 17.4 Å². The van der Waals surface area contributed by atoms with Crippen LogP contribution >= 0.6 is 11.6 Å². The highest BCUT2D eigenvalue weighted by atomic mass is 35.5. The van der Waals surface area contributed by atoms with Crippen molar-refractivity contribution in [2.75, 3.05) is 0 Å². The topological polar surface area (TPSA) is 104 Å². The predicted octanol–water partition coefficient (Wildman–Crippen LogP) is 2.05. The van der Waals surface area contributed by atoms with E-state index in [-0.39, 0.29) is 5.69 Å². The Morgan fingerprint density at radius 1 is 1.04 bits per heavy atom. The first-order valence-electron chi connectivity index (χ1n) is 7.56. The second-order valence-corrected chi connectivity index (χ2v) is 5.72. The van der Waals surface area contributed by atoms with Gasteiger partial charge in [0.15, 0.2) is 5.69 Å². The highest BCUT2D eigenvalue weighted by molar-refractivity contribution is 6.30. The molecule has 2 aromatic carbocycles. The quantitative estimate of drug-likeness (QED) is 0.486. The minimum absolute atomic E-state index is 0.000629. The fourth-order valence-corrected chi connectivity index (χ4v) is 2.49. The van der Waals surface area contributed by atoms with E-state index in [4.69, 9.17) is 11.6 Å². The third kappa shape index (κ3) is 3.96. The first kappa shape index (κ1) is 17.4. The largest absolute Gasteiger partial charge is 0.290 e. The first-order valence-corrected chi connectivity index (χ1v) is 7.94. The van der Waals surface area contributed by atoms with Crippen LogP contribution in [0.4, 0.5) is 0 Å². The van der Waals surface area contributed by atoms with Crippen LogP contribution in [0.2, 0.25) is 5.02 Å². The zero-order valence-corrected chi connectivity index (χ0v) is 14.1. The fraction of sp³-hybridized carbons (Fsp3) is 0. The predicted molar refractivity (Wildman–Crippen MR) is 98.5 cm³/mol. The minimum atomic E-state index is -0.651. The Morgan fingerprint density at radius 2 is 1.81 bits per heavy atom. The summed E-state index contributed by atoms with van der Waals surface area (Å²) in [5.41, 5.74) is 4.86. The smallest absolute Gasteiger partial charge is 0.268 e. The van der Waals surface area contributed by atoms with E-state index in [0.29, 0.717) is 15.8 Å². The van der Waals surface area contributed by atoms with Crippen LogP contribution in [0.1, 0.15) is 16.1 Å². The number of benzene rings is 2. The molecular formula is C18H13ClN4O3. The van der Waals surface area contributed by atoms with Gasteiger partial charge in [0.05, 0.1) is 5.39 Å². The summed E-state index contributed by atoms with van der Waals surface area (Å²) in [6.07, 6.45) is 2.81. The van der Waals surface area contributed by atoms with E-state index >= 15 is 0 Å². The van der Waals surface area contributed by atoms with Gasteiger partial charge in [-0.05, 0) is 29.8 Å². The number of rotatable bonds is 3. The summed E-state index contributed by atoms with van der Waals surface area (Å²) < 4.78 is 0. The molecule has 1 heterocycles. The molecule has 7 nitrogen and oxygen atoms in total. The van der Waals surface area contributed by atoms with Crippen LogP contribution in [-0.4, -0.2) is 22.0 Å². The van der Waals surface area contributed by atoms with Crippen LogP contribution in [-0.2, 0) is 4.79 Å². The molecule has 0 radical (unpaired) electrons. The minimum Gasteiger partial charge on any atom is -0.268 e. The SMILES string of the molecule is O=C(/C=C/c1cccc(Cl)c1)NNC(=O)c1n[nH]c(=O)c2ccccc12. The molecule has 1 aromatic heterocycles. The van der Waals surface area contributed by atoms with Gasteiger partial charge < -0.3 is 0 Å². The molecule has 0 saturated carbocycles. The lowest BCUT2D eigenvalue weighted by Crippen LogP contribution is -2.41. The van der Waals surface area contributed by atoms with Crippen LogP contribution in [0.25, 0.3) is 16.8 Å². The second kappa shape index (κ2) is 7.62. The van der Waals surface area contributed by atoms with E-state index in [9.17, 15) is 14.4 Å². The van der Waals surface area contributed by atoms with Crippen molar-refractivity contribution in [2.24, 2.45) is 0 Å². The van der Waals surface area contributed by atoms with E-state index in [0.717, 1.165) is 5.56 Å². The molecule has 8 heteroatoms. The standard InChI is InChI=1S/C18H13ClN4O3/c19-12-5-3-4-11(10-12)8-9-15(24)20-23-18(26)16-13-6-1-2-7-14(13)17(25)22-21-16/h1-10H,(H,20,24)(H,22,25)(H,23,26)/b9-8+. The number of hydrazine groups is 1. The van der Waals surface area contributed by atoms with Crippen molar-refractivity contribution in [3.8, 4) is 0 Å². The van der Waals surface area contributed by atoms with Gasteiger partial charge in [0.1, 0.15) is 0 Å². The van der Waals surface area contributed by atoms with Crippen molar-refractivity contribution in [1.29, 1.82) is 0 Å². The van der Waals surface area contributed by atoms with Crippen LogP contribution in [0, 0.1) is 0 Å². The van der Waals surface area contributed by atoms with Crippen LogP contribution in [0.5, 0.6) is 0 Å². The van der Waals surface area contributed by atoms with Gasteiger partial charge >= 0.3 is 0 Å². The van der Waals surface area contributed by atoms with E-state index in [2.05, 4.69) is 21.0 Å². The number of carbonyl (C=O) groups is 2. The normalized spacial score (nSPS) is 10.8. The van der Waals surface area contributed by atoms with Gasteiger partial charge in [0.25, 0.3) is 17.4 Å². The van der Waals surface area contributed by atoms with Crippen molar-refractivity contribution < 1.29 is 9.59 Å². The molecule has 3 aromatic rings. The molecule has 3 rings (SSSR count). The van der Waals surface area contributed by atoms with Gasteiger partial charge in [-0.25, -0.2) is 5.10 Å². The first-order chi connectivity index (χ1) is 12.5. The summed E-state index contributed by atoms with van der Waals surface area (Å²) in [6, 6.07) is 13.5. The highest BCUT2D eigenvalue weighted by Gasteiger charge is 2.14. The summed E-state index contributed by atoms with van der Waals surface area (Å²) in [6.45, 7) is 0. The molecule has 3 N–H and O–H groups in total. The number of hydrogen-bond donors (Lipinski definition) is 3. The van der Waals surface area contributed by atoms with Crippen molar-refractivity contribution >= 4 is 40.3 Å². The number of amides is 2. The Labute approximate surface area is 152 Å².